The Morgan fingerprint density at radius 3 is 2.64 bits per heavy atom. The van der Waals surface area contributed by atoms with Crippen LogP contribution in [0.15, 0.2) is 53.9 Å². The van der Waals surface area contributed by atoms with Gasteiger partial charge in [0.2, 0.25) is 17.7 Å². The first-order valence-electron chi connectivity index (χ1n) is 13.0. The highest BCUT2D eigenvalue weighted by molar-refractivity contribution is 7.12. The number of benzene rings is 2. The SMILES string of the molecule is Cc1ccsc1C(=O)NC(Cc1cccc2ccccc12)C(=O)NCC(=O)N[C@H](C=O)C[C@@H]1CCCNC1=O. The van der Waals surface area contributed by atoms with Crippen LogP contribution in [-0.4, -0.2) is 55.1 Å². The fourth-order valence-corrected chi connectivity index (χ4v) is 5.62. The summed E-state index contributed by atoms with van der Waals surface area (Å²) in [6.45, 7) is 2.07. The second-order valence-corrected chi connectivity index (χ2v) is 10.6. The molecule has 0 radical (unpaired) electrons. The number of aryl methyl sites for hydroxylation is 1. The summed E-state index contributed by atoms with van der Waals surface area (Å²) in [5, 5.41) is 14.6. The van der Waals surface area contributed by atoms with Crippen LogP contribution in [0.2, 0.25) is 0 Å². The molecular weight excluding hydrogens is 516 g/mol. The Hall–Kier alpha value is -4.05. The molecule has 3 atom stereocenters. The Kier molecular flexibility index (Phi) is 9.43. The number of piperidine rings is 1. The van der Waals surface area contributed by atoms with Crippen LogP contribution in [0.25, 0.3) is 10.8 Å². The molecule has 1 aliphatic rings. The molecule has 204 valence electrons. The molecule has 9 nitrogen and oxygen atoms in total. The smallest absolute Gasteiger partial charge is 0.262 e. The van der Waals surface area contributed by atoms with E-state index in [2.05, 4.69) is 21.3 Å². The van der Waals surface area contributed by atoms with Crippen LogP contribution in [0.3, 0.4) is 0 Å². The van der Waals surface area contributed by atoms with Crippen molar-refractivity contribution in [1.29, 1.82) is 0 Å². The van der Waals surface area contributed by atoms with Crippen LogP contribution in [0.1, 0.15) is 40.1 Å². The number of hydrogen-bond acceptors (Lipinski definition) is 6. The van der Waals surface area contributed by atoms with E-state index in [0.717, 1.165) is 28.3 Å². The van der Waals surface area contributed by atoms with Gasteiger partial charge in [-0.05, 0) is 59.5 Å². The van der Waals surface area contributed by atoms with E-state index in [-0.39, 0.29) is 37.1 Å². The molecule has 10 heteroatoms. The molecule has 4 N–H and O–H groups in total. The van der Waals surface area contributed by atoms with Crippen molar-refractivity contribution in [3.63, 3.8) is 0 Å². The van der Waals surface area contributed by atoms with Gasteiger partial charge in [-0.25, -0.2) is 0 Å². The number of nitrogens with one attached hydrogen (secondary N) is 4. The lowest BCUT2D eigenvalue weighted by Crippen LogP contribution is -2.51. The molecule has 4 rings (SSSR count). The lowest BCUT2D eigenvalue weighted by Gasteiger charge is -2.24. The summed E-state index contributed by atoms with van der Waals surface area (Å²) in [6, 6.07) is 13.6. The Morgan fingerprint density at radius 1 is 1.10 bits per heavy atom. The van der Waals surface area contributed by atoms with Gasteiger partial charge in [-0.15, -0.1) is 11.3 Å². The quantitative estimate of drug-likeness (QED) is 0.273. The van der Waals surface area contributed by atoms with Gasteiger partial charge in [-0.1, -0.05) is 42.5 Å². The molecule has 1 unspecified atom stereocenters. The summed E-state index contributed by atoms with van der Waals surface area (Å²) in [5.74, 6) is -1.90. The van der Waals surface area contributed by atoms with Gasteiger partial charge in [0.05, 0.1) is 17.5 Å². The number of fused-ring (bicyclic) bond motifs is 1. The molecule has 0 saturated carbocycles. The highest BCUT2D eigenvalue weighted by atomic mass is 32.1. The monoisotopic (exact) mass is 548 g/mol. The average Bonchev–Trinajstić information content (AvgIpc) is 3.38. The molecule has 0 aliphatic carbocycles. The van der Waals surface area contributed by atoms with E-state index in [1.165, 1.54) is 11.3 Å². The number of rotatable bonds is 11. The second kappa shape index (κ2) is 13.1. The minimum atomic E-state index is -0.939. The van der Waals surface area contributed by atoms with Gasteiger partial charge in [0.15, 0.2) is 0 Å². The second-order valence-electron chi connectivity index (χ2n) is 9.69. The number of aldehydes is 1. The molecule has 0 spiro atoms. The van der Waals surface area contributed by atoms with E-state index in [0.29, 0.717) is 24.1 Å². The molecule has 1 saturated heterocycles. The standard InChI is InChI=1S/C29H32N4O5S/c1-18-11-13-39-26(18)29(38)33-24(15-20-8-4-7-19-6-2-3-10-23(19)20)28(37)31-16-25(35)32-22(17-34)14-21-9-5-12-30-27(21)36/h2-4,6-8,10-11,13,17,21-22,24H,5,9,12,14-16H2,1H3,(H,30,36)(H,31,37)(H,32,35)(H,33,38)/t21-,22-,24?/m0/s1. The molecule has 1 aromatic heterocycles. The summed E-state index contributed by atoms with van der Waals surface area (Å²) in [7, 11) is 0. The van der Waals surface area contributed by atoms with Crippen LogP contribution in [0.4, 0.5) is 0 Å². The largest absolute Gasteiger partial charge is 0.356 e. The number of hydrogen-bond donors (Lipinski definition) is 4. The van der Waals surface area contributed by atoms with E-state index in [1.807, 2.05) is 60.8 Å². The van der Waals surface area contributed by atoms with Crippen LogP contribution < -0.4 is 21.3 Å². The molecule has 2 aromatic carbocycles. The van der Waals surface area contributed by atoms with E-state index >= 15 is 0 Å². The van der Waals surface area contributed by atoms with Crippen molar-refractivity contribution < 1.29 is 24.0 Å². The van der Waals surface area contributed by atoms with Crippen molar-refractivity contribution in [3.8, 4) is 0 Å². The summed E-state index contributed by atoms with van der Waals surface area (Å²) in [4.78, 5) is 62.9. The van der Waals surface area contributed by atoms with Crippen molar-refractivity contribution in [2.45, 2.75) is 44.7 Å². The van der Waals surface area contributed by atoms with E-state index in [9.17, 15) is 24.0 Å². The van der Waals surface area contributed by atoms with E-state index in [1.54, 1.807) is 0 Å². The Labute approximate surface area is 230 Å². The lowest BCUT2D eigenvalue weighted by atomic mass is 9.92. The molecule has 0 bridgehead atoms. The van der Waals surface area contributed by atoms with Crippen molar-refractivity contribution in [2.75, 3.05) is 13.1 Å². The minimum Gasteiger partial charge on any atom is -0.356 e. The first-order chi connectivity index (χ1) is 18.9. The predicted molar refractivity (Wildman–Crippen MR) is 149 cm³/mol. The number of carbonyl (C=O) groups excluding carboxylic acids is 5. The summed E-state index contributed by atoms with van der Waals surface area (Å²) < 4.78 is 0. The van der Waals surface area contributed by atoms with Gasteiger partial charge in [0, 0.05) is 18.9 Å². The van der Waals surface area contributed by atoms with Crippen molar-refractivity contribution in [3.05, 3.63) is 69.9 Å². The predicted octanol–water partition coefficient (Wildman–Crippen LogP) is 2.27. The highest BCUT2D eigenvalue weighted by Gasteiger charge is 2.27. The maximum Gasteiger partial charge on any atom is 0.262 e. The number of carbonyl (C=O) groups is 5. The van der Waals surface area contributed by atoms with Gasteiger partial charge in [-0.3, -0.25) is 19.2 Å². The summed E-state index contributed by atoms with van der Waals surface area (Å²) in [5.41, 5.74) is 1.69. The van der Waals surface area contributed by atoms with Crippen molar-refractivity contribution in [2.24, 2.45) is 5.92 Å². The van der Waals surface area contributed by atoms with E-state index in [4.69, 9.17) is 0 Å². The summed E-state index contributed by atoms with van der Waals surface area (Å²) in [6.07, 6.45) is 2.50. The Balaban J connectivity index is 1.42. The van der Waals surface area contributed by atoms with Gasteiger partial charge < -0.3 is 26.1 Å². The Morgan fingerprint density at radius 2 is 1.90 bits per heavy atom. The fourth-order valence-electron chi connectivity index (χ4n) is 4.79. The van der Waals surface area contributed by atoms with Gasteiger partial charge in [0.1, 0.15) is 12.3 Å². The molecular formula is C29H32N4O5S. The fraction of sp³-hybridized carbons (Fsp3) is 0.345. The van der Waals surface area contributed by atoms with Crippen LogP contribution in [0, 0.1) is 12.8 Å². The molecule has 3 aromatic rings. The number of thiophene rings is 1. The molecule has 1 aliphatic heterocycles. The summed E-state index contributed by atoms with van der Waals surface area (Å²) >= 11 is 1.29. The molecule has 4 amide bonds. The van der Waals surface area contributed by atoms with Gasteiger partial charge in [-0.2, -0.15) is 0 Å². The molecule has 2 heterocycles. The number of amides is 4. The Bertz CT molecular complexity index is 1370. The van der Waals surface area contributed by atoms with Gasteiger partial charge in [0.25, 0.3) is 5.91 Å². The zero-order valence-electron chi connectivity index (χ0n) is 21.7. The minimum absolute atomic E-state index is 0.122. The maximum absolute atomic E-state index is 13.3. The maximum atomic E-state index is 13.3. The van der Waals surface area contributed by atoms with Crippen molar-refractivity contribution >= 4 is 52.0 Å². The lowest BCUT2D eigenvalue weighted by molar-refractivity contribution is -0.129. The third-order valence-corrected chi connectivity index (χ3v) is 7.88. The topological polar surface area (TPSA) is 133 Å². The van der Waals surface area contributed by atoms with Crippen LogP contribution >= 0.6 is 11.3 Å². The molecule has 39 heavy (non-hydrogen) atoms. The highest BCUT2D eigenvalue weighted by Crippen LogP contribution is 2.21. The first-order valence-corrected chi connectivity index (χ1v) is 13.9. The average molecular weight is 549 g/mol. The molecule has 1 fully saturated rings. The van der Waals surface area contributed by atoms with Crippen LogP contribution in [-0.2, 0) is 25.6 Å². The third kappa shape index (κ3) is 7.29. The van der Waals surface area contributed by atoms with E-state index < -0.39 is 23.9 Å². The zero-order chi connectivity index (χ0) is 27.8. The third-order valence-electron chi connectivity index (χ3n) is 6.87. The first kappa shape index (κ1) is 28.0. The van der Waals surface area contributed by atoms with Gasteiger partial charge >= 0.3 is 0 Å². The normalized spacial score (nSPS) is 16.5. The van der Waals surface area contributed by atoms with Crippen molar-refractivity contribution in [1.82, 2.24) is 21.3 Å². The van der Waals surface area contributed by atoms with Crippen LogP contribution in [0.5, 0.6) is 0 Å². The zero-order valence-corrected chi connectivity index (χ0v) is 22.5.